The molecule has 0 radical (unpaired) electrons. The third-order valence-electron chi connectivity index (χ3n) is 9.17. The molecule has 0 spiro atoms. The quantitative estimate of drug-likeness (QED) is 0.225. The minimum atomic E-state index is 0.613. The molecule has 194 valence electrons. The van der Waals surface area contributed by atoms with Gasteiger partial charge in [0.25, 0.3) is 0 Å². The van der Waals surface area contributed by atoms with E-state index in [0.717, 1.165) is 30.0 Å². The van der Waals surface area contributed by atoms with Gasteiger partial charge in [0.2, 0.25) is 0 Å². The van der Waals surface area contributed by atoms with Crippen molar-refractivity contribution < 1.29 is 0 Å². The number of hydrogen-bond donors (Lipinski definition) is 0. The Labute approximate surface area is 212 Å². The summed E-state index contributed by atoms with van der Waals surface area (Å²) in [4.78, 5) is 9.62. The normalized spacial score (nSPS) is 25.5. The molecule has 0 unspecified atom stereocenters. The van der Waals surface area contributed by atoms with Crippen LogP contribution in [0.1, 0.15) is 166 Å². The van der Waals surface area contributed by atoms with Gasteiger partial charge in [-0.25, -0.2) is 9.97 Å². The number of aryl methyl sites for hydroxylation is 1. The van der Waals surface area contributed by atoms with Crippen LogP contribution in [0.3, 0.4) is 0 Å². The highest BCUT2D eigenvalue weighted by Gasteiger charge is 2.26. The lowest BCUT2D eigenvalue weighted by Gasteiger charge is -2.31. The molecule has 2 saturated carbocycles. The van der Waals surface area contributed by atoms with Crippen LogP contribution in [0.5, 0.6) is 0 Å². The molecular formula is C32H56N2. The fourth-order valence-corrected chi connectivity index (χ4v) is 6.66. The molecule has 0 N–H and O–H groups in total. The topological polar surface area (TPSA) is 25.8 Å². The van der Waals surface area contributed by atoms with E-state index in [1.165, 1.54) is 140 Å². The van der Waals surface area contributed by atoms with Crippen LogP contribution >= 0.6 is 0 Å². The first-order valence-corrected chi connectivity index (χ1v) is 15.6. The van der Waals surface area contributed by atoms with Crippen LogP contribution in [0.4, 0.5) is 0 Å². The van der Waals surface area contributed by atoms with E-state index in [9.17, 15) is 0 Å². The molecule has 1 aromatic rings. The Kier molecular flexibility index (Phi) is 13.6. The molecule has 0 amide bonds. The van der Waals surface area contributed by atoms with Gasteiger partial charge in [0.05, 0.1) is 0 Å². The van der Waals surface area contributed by atoms with Crippen molar-refractivity contribution in [2.75, 3.05) is 0 Å². The number of aromatic nitrogens is 2. The van der Waals surface area contributed by atoms with Crippen LogP contribution in [0.15, 0.2) is 12.4 Å². The molecule has 2 fully saturated rings. The zero-order valence-corrected chi connectivity index (χ0v) is 22.9. The van der Waals surface area contributed by atoms with Crippen molar-refractivity contribution in [2.24, 2.45) is 17.8 Å². The summed E-state index contributed by atoms with van der Waals surface area (Å²) in [5.41, 5.74) is 1.34. The number of nitrogens with zero attached hydrogens (tertiary/aromatic N) is 2. The Morgan fingerprint density at radius 2 is 1.03 bits per heavy atom. The molecule has 2 nitrogen and oxygen atoms in total. The largest absolute Gasteiger partial charge is 0.241 e. The van der Waals surface area contributed by atoms with Crippen LogP contribution in [-0.2, 0) is 6.42 Å². The van der Waals surface area contributed by atoms with E-state index >= 15 is 0 Å². The smallest absolute Gasteiger partial charge is 0.131 e. The minimum Gasteiger partial charge on any atom is -0.241 e. The molecule has 2 heteroatoms. The van der Waals surface area contributed by atoms with Crippen molar-refractivity contribution in [3.05, 3.63) is 23.8 Å². The van der Waals surface area contributed by atoms with Crippen LogP contribution in [-0.4, -0.2) is 9.97 Å². The highest BCUT2D eigenvalue weighted by Crippen LogP contribution is 2.39. The van der Waals surface area contributed by atoms with Crippen molar-refractivity contribution in [3.8, 4) is 0 Å². The standard InChI is InChI=1S/C32H56N2/c1-3-5-7-8-9-10-12-14-30-25-33-32(34-26-30)31-23-21-29(22-24-31)20-19-28-17-15-27(16-18-28)13-11-6-4-2/h25-29,31H,3-24H2,1-2H3. The maximum atomic E-state index is 4.81. The molecule has 0 bridgehead atoms. The molecule has 2 aliphatic carbocycles. The second-order valence-electron chi connectivity index (χ2n) is 12.0. The Hall–Kier alpha value is -0.920. The van der Waals surface area contributed by atoms with E-state index in [1.54, 1.807) is 0 Å². The highest BCUT2D eigenvalue weighted by molar-refractivity contribution is 5.08. The average Bonchev–Trinajstić information content (AvgIpc) is 2.88. The zero-order valence-electron chi connectivity index (χ0n) is 22.9. The Bertz CT molecular complexity index is 608. The zero-order chi connectivity index (χ0) is 23.8. The molecule has 0 aliphatic heterocycles. The summed E-state index contributed by atoms with van der Waals surface area (Å²) < 4.78 is 0. The monoisotopic (exact) mass is 468 g/mol. The van der Waals surface area contributed by atoms with Crippen molar-refractivity contribution in [3.63, 3.8) is 0 Å². The van der Waals surface area contributed by atoms with Crippen molar-refractivity contribution in [1.29, 1.82) is 0 Å². The van der Waals surface area contributed by atoms with Gasteiger partial charge in [0, 0.05) is 18.3 Å². The molecule has 3 rings (SSSR count). The second kappa shape index (κ2) is 16.7. The summed E-state index contributed by atoms with van der Waals surface area (Å²) in [7, 11) is 0. The molecule has 34 heavy (non-hydrogen) atoms. The second-order valence-corrected chi connectivity index (χ2v) is 12.0. The maximum absolute atomic E-state index is 4.81. The highest BCUT2D eigenvalue weighted by atomic mass is 14.9. The van der Waals surface area contributed by atoms with Crippen molar-refractivity contribution in [1.82, 2.24) is 9.97 Å². The number of unbranched alkanes of at least 4 members (excludes halogenated alkanes) is 8. The van der Waals surface area contributed by atoms with Gasteiger partial charge in [-0.05, 0) is 61.8 Å². The third kappa shape index (κ3) is 10.4. The van der Waals surface area contributed by atoms with E-state index in [0.29, 0.717) is 5.92 Å². The lowest BCUT2D eigenvalue weighted by Crippen LogP contribution is -2.18. The van der Waals surface area contributed by atoms with E-state index in [1.807, 2.05) is 0 Å². The lowest BCUT2D eigenvalue weighted by molar-refractivity contribution is 0.221. The Balaban J connectivity index is 1.25. The van der Waals surface area contributed by atoms with E-state index in [-0.39, 0.29) is 0 Å². The summed E-state index contributed by atoms with van der Waals surface area (Å²) in [5, 5.41) is 0. The maximum Gasteiger partial charge on any atom is 0.131 e. The van der Waals surface area contributed by atoms with Gasteiger partial charge >= 0.3 is 0 Å². The molecule has 2 aliphatic rings. The van der Waals surface area contributed by atoms with Crippen molar-refractivity contribution in [2.45, 2.75) is 161 Å². The van der Waals surface area contributed by atoms with E-state index in [4.69, 9.17) is 9.97 Å². The fourth-order valence-electron chi connectivity index (χ4n) is 6.66. The van der Waals surface area contributed by atoms with Gasteiger partial charge in [0.15, 0.2) is 0 Å². The first kappa shape index (κ1) is 27.7. The van der Waals surface area contributed by atoms with Crippen LogP contribution in [0, 0.1) is 17.8 Å². The summed E-state index contributed by atoms with van der Waals surface area (Å²) in [6, 6.07) is 0. The molecule has 0 saturated heterocycles. The SMILES string of the molecule is CCCCCCCCCc1cnc(C2CCC(CCC3CCC(CCCCC)CC3)CC2)nc1. The van der Waals surface area contributed by atoms with Crippen molar-refractivity contribution >= 4 is 0 Å². The van der Waals surface area contributed by atoms with Crippen LogP contribution < -0.4 is 0 Å². The lowest BCUT2D eigenvalue weighted by atomic mass is 9.74. The van der Waals surface area contributed by atoms with Gasteiger partial charge in [-0.1, -0.05) is 117 Å². The predicted octanol–water partition coefficient (Wildman–Crippen LogP) is 10.2. The summed E-state index contributed by atoms with van der Waals surface area (Å²) in [5.74, 6) is 4.80. The molecule has 1 heterocycles. The summed E-state index contributed by atoms with van der Waals surface area (Å²) in [6.07, 6.45) is 35.3. The summed E-state index contributed by atoms with van der Waals surface area (Å²) in [6.45, 7) is 4.61. The molecule has 0 aromatic carbocycles. The average molecular weight is 469 g/mol. The molecule has 1 aromatic heterocycles. The van der Waals surface area contributed by atoms with E-state index in [2.05, 4.69) is 26.2 Å². The molecular weight excluding hydrogens is 412 g/mol. The third-order valence-corrected chi connectivity index (χ3v) is 9.17. The van der Waals surface area contributed by atoms with Gasteiger partial charge in [-0.3, -0.25) is 0 Å². The fraction of sp³-hybridized carbons (Fsp3) is 0.875. The van der Waals surface area contributed by atoms with Gasteiger partial charge < -0.3 is 0 Å². The Morgan fingerprint density at radius 3 is 1.62 bits per heavy atom. The van der Waals surface area contributed by atoms with Gasteiger partial charge in [-0.15, -0.1) is 0 Å². The predicted molar refractivity (Wildman–Crippen MR) is 147 cm³/mol. The van der Waals surface area contributed by atoms with E-state index < -0.39 is 0 Å². The van der Waals surface area contributed by atoms with Gasteiger partial charge in [0.1, 0.15) is 5.82 Å². The summed E-state index contributed by atoms with van der Waals surface area (Å²) >= 11 is 0. The number of hydrogen-bond acceptors (Lipinski definition) is 2. The minimum absolute atomic E-state index is 0.613. The Morgan fingerprint density at radius 1 is 0.559 bits per heavy atom. The molecule has 0 atom stereocenters. The first-order valence-electron chi connectivity index (χ1n) is 15.6. The van der Waals surface area contributed by atoms with Crippen LogP contribution in [0.25, 0.3) is 0 Å². The van der Waals surface area contributed by atoms with Gasteiger partial charge in [-0.2, -0.15) is 0 Å². The first-order chi connectivity index (χ1) is 16.8. The number of rotatable bonds is 16. The van der Waals surface area contributed by atoms with Crippen LogP contribution in [0.2, 0.25) is 0 Å².